The quantitative estimate of drug-likeness (QED) is 0.122. The smallest absolute Gasteiger partial charge is 0.0446 e. The van der Waals surface area contributed by atoms with E-state index in [0.29, 0.717) is 0 Å². The van der Waals surface area contributed by atoms with Crippen LogP contribution in [0.5, 0.6) is 0 Å². The summed E-state index contributed by atoms with van der Waals surface area (Å²) in [6.07, 6.45) is 0. The van der Waals surface area contributed by atoms with E-state index in [2.05, 4.69) is 125 Å². The summed E-state index contributed by atoms with van der Waals surface area (Å²) in [5.74, 6) is 0. The third-order valence-electron chi connectivity index (χ3n) is 11.0. The highest BCUT2D eigenvalue weighted by molar-refractivity contribution is 7.28. The van der Waals surface area contributed by atoms with Gasteiger partial charge in [-0.05, 0) is 138 Å². The third-order valence-corrected chi connectivity index (χ3v) is 12.2. The van der Waals surface area contributed by atoms with Gasteiger partial charge in [-0.2, -0.15) is 0 Å². The van der Waals surface area contributed by atoms with Crippen LogP contribution in [-0.2, 0) is 0 Å². The van der Waals surface area contributed by atoms with Crippen molar-refractivity contribution in [3.8, 4) is 22.3 Å². The minimum Gasteiger partial charge on any atom is -0.134 e. The Morgan fingerprint density at radius 1 is 0.378 bits per heavy atom. The Hall–Kier alpha value is -4.98. The largest absolute Gasteiger partial charge is 0.134 e. The fourth-order valence-corrected chi connectivity index (χ4v) is 10.6. The number of benzene rings is 9. The summed E-state index contributed by atoms with van der Waals surface area (Å²) in [5.41, 5.74) is 11.1. The van der Waals surface area contributed by atoms with Gasteiger partial charge in [-0.1, -0.05) is 84.9 Å². The molecule has 1 aliphatic carbocycles. The molecule has 1 heterocycles. The second-order valence-corrected chi connectivity index (χ2v) is 14.4. The van der Waals surface area contributed by atoms with E-state index in [1.165, 1.54) is 129 Å². The number of thiophene rings is 1. The SMILES string of the molecule is Cc1cc2cc3c(C)cc4c(C)c5cc(C)c6ccccc6c5c5sc(c2c2c1-c1cc6ccccc6c6cccc-2c16)c3c45. The number of fused-ring (bicyclic) bond motifs is 12. The van der Waals surface area contributed by atoms with E-state index in [-0.39, 0.29) is 0 Å². The molecule has 0 N–H and O–H groups in total. The van der Waals surface area contributed by atoms with Gasteiger partial charge in [0, 0.05) is 30.9 Å². The second kappa shape index (κ2) is 7.99. The maximum Gasteiger partial charge on any atom is 0.0446 e. The summed E-state index contributed by atoms with van der Waals surface area (Å²) >= 11 is 2.03. The maximum absolute atomic E-state index is 2.50. The van der Waals surface area contributed by atoms with Gasteiger partial charge in [0.15, 0.2) is 0 Å². The fraction of sp³-hybridized carbons (Fsp3) is 0.0909. The predicted molar refractivity (Wildman–Crippen MR) is 199 cm³/mol. The van der Waals surface area contributed by atoms with Crippen LogP contribution in [0.3, 0.4) is 0 Å². The van der Waals surface area contributed by atoms with Gasteiger partial charge < -0.3 is 0 Å². The topological polar surface area (TPSA) is 0 Å². The van der Waals surface area contributed by atoms with Crippen LogP contribution in [0.15, 0.2) is 97.1 Å². The third kappa shape index (κ3) is 2.77. The molecule has 0 saturated heterocycles. The molecule has 210 valence electrons. The lowest BCUT2D eigenvalue weighted by Crippen LogP contribution is -1.91. The Kier molecular flexibility index (Phi) is 4.32. The zero-order valence-electron chi connectivity index (χ0n) is 25.6. The van der Waals surface area contributed by atoms with Crippen LogP contribution < -0.4 is 0 Å². The summed E-state index contributed by atoms with van der Waals surface area (Å²) < 4.78 is 2.87. The van der Waals surface area contributed by atoms with Crippen LogP contribution in [-0.4, -0.2) is 0 Å². The first kappa shape index (κ1) is 24.4. The molecule has 0 nitrogen and oxygen atoms in total. The number of aryl methyl sites for hydroxylation is 4. The van der Waals surface area contributed by atoms with Crippen LogP contribution in [0.25, 0.3) is 107 Å². The van der Waals surface area contributed by atoms with Crippen molar-refractivity contribution in [3.63, 3.8) is 0 Å². The summed E-state index contributed by atoms with van der Waals surface area (Å²) in [6, 6.07) is 37.2. The van der Waals surface area contributed by atoms with Crippen molar-refractivity contribution in [1.29, 1.82) is 0 Å². The monoisotopic (exact) mass is 588 g/mol. The summed E-state index contributed by atoms with van der Waals surface area (Å²) in [5, 5.41) is 19.4. The summed E-state index contributed by atoms with van der Waals surface area (Å²) in [7, 11) is 0. The Bertz CT molecular complexity index is 3000. The Morgan fingerprint density at radius 2 is 1.02 bits per heavy atom. The lowest BCUT2D eigenvalue weighted by molar-refractivity contribution is 1.51. The van der Waals surface area contributed by atoms with Crippen molar-refractivity contribution >= 4 is 96.1 Å². The van der Waals surface area contributed by atoms with Crippen LogP contribution in [0, 0.1) is 27.7 Å². The minimum absolute atomic E-state index is 1.32. The molecule has 1 aliphatic rings. The molecule has 11 rings (SSSR count). The minimum atomic E-state index is 1.32. The highest BCUT2D eigenvalue weighted by Gasteiger charge is 2.29. The average Bonchev–Trinajstić information content (AvgIpc) is 3.61. The van der Waals surface area contributed by atoms with Crippen molar-refractivity contribution in [2.45, 2.75) is 27.7 Å². The van der Waals surface area contributed by atoms with E-state index in [4.69, 9.17) is 0 Å². The summed E-state index contributed by atoms with van der Waals surface area (Å²) in [6.45, 7) is 9.23. The fourth-order valence-electron chi connectivity index (χ4n) is 9.13. The Labute approximate surface area is 264 Å². The van der Waals surface area contributed by atoms with E-state index >= 15 is 0 Å². The normalized spacial score (nSPS) is 12.9. The second-order valence-electron chi connectivity index (χ2n) is 13.4. The lowest BCUT2D eigenvalue weighted by Gasteiger charge is -2.16. The molecule has 0 amide bonds. The van der Waals surface area contributed by atoms with Crippen molar-refractivity contribution in [2.24, 2.45) is 0 Å². The van der Waals surface area contributed by atoms with Crippen molar-refractivity contribution in [3.05, 3.63) is 119 Å². The maximum atomic E-state index is 2.50. The molecule has 0 saturated carbocycles. The molecule has 9 aromatic carbocycles. The van der Waals surface area contributed by atoms with Gasteiger partial charge in [0.25, 0.3) is 0 Å². The molecule has 0 aliphatic heterocycles. The molecule has 0 fully saturated rings. The van der Waals surface area contributed by atoms with E-state index < -0.39 is 0 Å². The standard InChI is InChI=1S/C44H28S/c1-21-17-33-24(4)34-18-22(2)32-20-26-16-23(3)36-35-19-25-10-5-6-12-28(25)30-14-9-15-31(38(30)35)40(36)37(26)43-41(32)42(34)44(45-43)39(33)29-13-8-7-11-27(21)29/h5-20H,1-4H3. The Morgan fingerprint density at radius 3 is 1.87 bits per heavy atom. The zero-order chi connectivity index (χ0) is 29.9. The highest BCUT2D eigenvalue weighted by Crippen LogP contribution is 2.57. The number of hydrogen-bond donors (Lipinski definition) is 0. The van der Waals surface area contributed by atoms with E-state index in [1.807, 2.05) is 11.3 Å². The van der Waals surface area contributed by atoms with Crippen LogP contribution in [0.4, 0.5) is 0 Å². The van der Waals surface area contributed by atoms with Crippen molar-refractivity contribution < 1.29 is 0 Å². The molecule has 0 bridgehead atoms. The number of hydrogen-bond acceptors (Lipinski definition) is 1. The first-order valence-electron chi connectivity index (χ1n) is 15.9. The molecular formula is C44H28S. The molecular weight excluding hydrogens is 561 g/mol. The van der Waals surface area contributed by atoms with Gasteiger partial charge in [0.05, 0.1) is 0 Å². The first-order valence-corrected chi connectivity index (χ1v) is 16.8. The zero-order valence-corrected chi connectivity index (χ0v) is 26.5. The van der Waals surface area contributed by atoms with Crippen LogP contribution >= 0.6 is 11.3 Å². The van der Waals surface area contributed by atoms with E-state index in [9.17, 15) is 0 Å². The van der Waals surface area contributed by atoms with Crippen LogP contribution in [0.2, 0.25) is 0 Å². The van der Waals surface area contributed by atoms with E-state index in [0.717, 1.165) is 0 Å². The van der Waals surface area contributed by atoms with Gasteiger partial charge in [-0.15, -0.1) is 11.3 Å². The van der Waals surface area contributed by atoms with Gasteiger partial charge in [-0.25, -0.2) is 0 Å². The van der Waals surface area contributed by atoms with Crippen molar-refractivity contribution in [1.82, 2.24) is 0 Å². The molecule has 0 radical (unpaired) electrons. The van der Waals surface area contributed by atoms with Crippen LogP contribution in [0.1, 0.15) is 22.3 Å². The molecule has 45 heavy (non-hydrogen) atoms. The Balaban J connectivity index is 1.42. The summed E-state index contributed by atoms with van der Waals surface area (Å²) in [4.78, 5) is 0. The van der Waals surface area contributed by atoms with Crippen molar-refractivity contribution in [2.75, 3.05) is 0 Å². The van der Waals surface area contributed by atoms with Gasteiger partial charge in [-0.3, -0.25) is 0 Å². The lowest BCUT2D eigenvalue weighted by atomic mass is 9.86. The van der Waals surface area contributed by atoms with E-state index in [1.54, 1.807) is 0 Å². The first-order chi connectivity index (χ1) is 22.0. The molecule has 10 aromatic rings. The highest BCUT2D eigenvalue weighted by atomic mass is 32.1. The molecule has 0 atom stereocenters. The predicted octanol–water partition coefficient (Wildman–Crippen LogP) is 13.3. The van der Waals surface area contributed by atoms with Gasteiger partial charge >= 0.3 is 0 Å². The average molecular weight is 589 g/mol. The molecule has 0 spiro atoms. The van der Waals surface area contributed by atoms with Gasteiger partial charge in [0.1, 0.15) is 0 Å². The molecule has 1 heteroatoms. The molecule has 1 aromatic heterocycles. The number of rotatable bonds is 0. The van der Waals surface area contributed by atoms with Gasteiger partial charge in [0.2, 0.25) is 0 Å². The molecule has 0 unspecified atom stereocenters.